The predicted octanol–water partition coefficient (Wildman–Crippen LogP) is 3.08. The maximum Gasteiger partial charge on any atom is 0.251 e. The molecule has 20 heavy (non-hydrogen) atoms. The number of hydrogen-bond acceptors (Lipinski definition) is 3. The molecule has 1 amide bonds. The standard InChI is InChI=1S/C15H13ClN2OS/c16-13-3-1-11(2-4-13)9-14(20)10-18-15(19)12-5-7-17-8-6-12/h1-8H,9-10H2,(H,18,19). The zero-order valence-corrected chi connectivity index (χ0v) is 12.2. The summed E-state index contributed by atoms with van der Waals surface area (Å²) in [6.45, 7) is 0.374. The average Bonchev–Trinajstić information content (AvgIpc) is 2.48. The van der Waals surface area contributed by atoms with Crippen molar-refractivity contribution >= 4 is 34.6 Å². The minimum absolute atomic E-state index is 0.147. The highest BCUT2D eigenvalue weighted by atomic mass is 35.5. The fourth-order valence-electron chi connectivity index (χ4n) is 1.68. The molecular weight excluding hydrogens is 292 g/mol. The smallest absolute Gasteiger partial charge is 0.251 e. The first-order chi connectivity index (χ1) is 9.65. The molecule has 0 aliphatic carbocycles. The van der Waals surface area contributed by atoms with Crippen LogP contribution in [0.2, 0.25) is 5.02 Å². The van der Waals surface area contributed by atoms with Crippen LogP contribution in [-0.2, 0) is 6.42 Å². The van der Waals surface area contributed by atoms with Crippen LogP contribution in [0.4, 0.5) is 0 Å². The summed E-state index contributed by atoms with van der Waals surface area (Å²) in [7, 11) is 0. The SMILES string of the molecule is O=C(NCC(=S)Cc1ccc(Cl)cc1)c1ccncc1. The third-order valence-electron chi connectivity index (χ3n) is 2.70. The zero-order valence-electron chi connectivity index (χ0n) is 10.7. The zero-order chi connectivity index (χ0) is 14.4. The van der Waals surface area contributed by atoms with Crippen LogP contribution < -0.4 is 5.32 Å². The normalized spacial score (nSPS) is 10.1. The van der Waals surface area contributed by atoms with Gasteiger partial charge in [-0.1, -0.05) is 36.0 Å². The van der Waals surface area contributed by atoms with Crippen LogP contribution in [0, 0.1) is 0 Å². The van der Waals surface area contributed by atoms with Crippen LogP contribution in [-0.4, -0.2) is 22.3 Å². The lowest BCUT2D eigenvalue weighted by molar-refractivity contribution is 0.0959. The van der Waals surface area contributed by atoms with Gasteiger partial charge >= 0.3 is 0 Å². The number of amides is 1. The summed E-state index contributed by atoms with van der Waals surface area (Å²) in [5.74, 6) is -0.147. The molecule has 1 N–H and O–H groups in total. The van der Waals surface area contributed by atoms with E-state index >= 15 is 0 Å². The summed E-state index contributed by atoms with van der Waals surface area (Å²) in [6.07, 6.45) is 3.81. The molecular formula is C15H13ClN2OS. The quantitative estimate of drug-likeness (QED) is 0.863. The number of halogens is 1. The van der Waals surface area contributed by atoms with Gasteiger partial charge in [-0.25, -0.2) is 0 Å². The Kier molecular flexibility index (Phi) is 5.21. The highest BCUT2D eigenvalue weighted by Gasteiger charge is 2.06. The lowest BCUT2D eigenvalue weighted by atomic mass is 10.1. The first kappa shape index (κ1) is 14.6. The minimum atomic E-state index is -0.147. The van der Waals surface area contributed by atoms with E-state index in [9.17, 15) is 4.79 Å². The Morgan fingerprint density at radius 3 is 2.45 bits per heavy atom. The molecule has 2 rings (SSSR count). The van der Waals surface area contributed by atoms with Crippen LogP contribution >= 0.6 is 23.8 Å². The first-order valence-electron chi connectivity index (χ1n) is 6.09. The number of benzene rings is 1. The Bertz CT molecular complexity index is 599. The van der Waals surface area contributed by atoms with Crippen molar-refractivity contribution in [2.75, 3.05) is 6.54 Å². The van der Waals surface area contributed by atoms with Crippen LogP contribution in [0.3, 0.4) is 0 Å². The molecule has 0 radical (unpaired) electrons. The summed E-state index contributed by atoms with van der Waals surface area (Å²) >= 11 is 11.1. The maximum atomic E-state index is 11.8. The van der Waals surface area contributed by atoms with Crippen molar-refractivity contribution in [2.24, 2.45) is 0 Å². The second-order valence-corrected chi connectivity index (χ2v) is 5.27. The van der Waals surface area contributed by atoms with Crippen molar-refractivity contribution < 1.29 is 4.79 Å². The summed E-state index contributed by atoms with van der Waals surface area (Å²) in [4.78, 5) is 16.5. The van der Waals surface area contributed by atoms with Gasteiger partial charge in [-0.3, -0.25) is 9.78 Å². The molecule has 0 bridgehead atoms. The molecule has 0 saturated carbocycles. The van der Waals surface area contributed by atoms with Gasteiger partial charge < -0.3 is 5.32 Å². The largest absolute Gasteiger partial charge is 0.347 e. The summed E-state index contributed by atoms with van der Waals surface area (Å²) in [6, 6.07) is 10.8. The number of nitrogens with one attached hydrogen (secondary N) is 1. The molecule has 1 aromatic carbocycles. The van der Waals surface area contributed by atoms with Gasteiger partial charge in [0.1, 0.15) is 0 Å². The van der Waals surface area contributed by atoms with E-state index in [1.165, 1.54) is 0 Å². The monoisotopic (exact) mass is 304 g/mol. The summed E-state index contributed by atoms with van der Waals surface area (Å²) in [5.41, 5.74) is 1.66. The Morgan fingerprint density at radius 1 is 1.15 bits per heavy atom. The number of hydrogen-bond donors (Lipinski definition) is 1. The molecule has 3 nitrogen and oxygen atoms in total. The number of aromatic nitrogens is 1. The molecule has 0 aliphatic heterocycles. The van der Waals surface area contributed by atoms with Gasteiger partial charge in [0, 0.05) is 40.8 Å². The molecule has 5 heteroatoms. The lowest BCUT2D eigenvalue weighted by Gasteiger charge is -2.07. The van der Waals surface area contributed by atoms with E-state index in [2.05, 4.69) is 10.3 Å². The molecule has 0 aliphatic rings. The minimum Gasteiger partial charge on any atom is -0.347 e. The van der Waals surface area contributed by atoms with Crippen molar-refractivity contribution in [1.82, 2.24) is 10.3 Å². The molecule has 0 unspecified atom stereocenters. The first-order valence-corrected chi connectivity index (χ1v) is 6.88. The average molecular weight is 305 g/mol. The van der Waals surface area contributed by atoms with Crippen LogP contribution in [0.25, 0.3) is 0 Å². The number of pyridine rings is 1. The van der Waals surface area contributed by atoms with Crippen LogP contribution in [0.15, 0.2) is 48.8 Å². The highest BCUT2D eigenvalue weighted by molar-refractivity contribution is 7.80. The van der Waals surface area contributed by atoms with Gasteiger partial charge in [0.05, 0.1) is 0 Å². The van der Waals surface area contributed by atoms with Crippen molar-refractivity contribution in [3.05, 3.63) is 64.9 Å². The third-order valence-corrected chi connectivity index (χ3v) is 3.24. The number of carbonyl (C=O) groups is 1. The van der Waals surface area contributed by atoms with E-state index in [0.717, 1.165) is 10.4 Å². The fraction of sp³-hybridized carbons (Fsp3) is 0.133. The Morgan fingerprint density at radius 2 is 1.80 bits per heavy atom. The van der Waals surface area contributed by atoms with Crippen molar-refractivity contribution in [2.45, 2.75) is 6.42 Å². The molecule has 2 aromatic rings. The summed E-state index contributed by atoms with van der Waals surface area (Å²) in [5, 5.41) is 3.50. The van der Waals surface area contributed by atoms with E-state index in [-0.39, 0.29) is 5.91 Å². The van der Waals surface area contributed by atoms with Gasteiger partial charge in [-0.05, 0) is 29.8 Å². The molecule has 0 spiro atoms. The molecule has 0 fully saturated rings. The van der Waals surface area contributed by atoms with Crippen LogP contribution in [0.1, 0.15) is 15.9 Å². The number of nitrogens with zero attached hydrogens (tertiary/aromatic N) is 1. The topological polar surface area (TPSA) is 42.0 Å². The van der Waals surface area contributed by atoms with Gasteiger partial charge in [0.25, 0.3) is 5.91 Å². The Labute approximate surface area is 128 Å². The van der Waals surface area contributed by atoms with Crippen molar-refractivity contribution in [1.29, 1.82) is 0 Å². The van der Waals surface area contributed by atoms with E-state index in [1.807, 2.05) is 24.3 Å². The van der Waals surface area contributed by atoms with E-state index in [0.29, 0.717) is 23.6 Å². The van der Waals surface area contributed by atoms with E-state index < -0.39 is 0 Å². The van der Waals surface area contributed by atoms with Crippen molar-refractivity contribution in [3.8, 4) is 0 Å². The Hall–Kier alpha value is -1.78. The van der Waals surface area contributed by atoms with E-state index in [1.54, 1.807) is 24.5 Å². The second-order valence-electron chi connectivity index (χ2n) is 4.26. The Balaban J connectivity index is 1.83. The molecule has 0 atom stereocenters. The number of carbonyl (C=O) groups excluding carboxylic acids is 1. The number of rotatable bonds is 5. The van der Waals surface area contributed by atoms with Gasteiger partial charge in [0.2, 0.25) is 0 Å². The second kappa shape index (κ2) is 7.12. The third kappa shape index (κ3) is 4.40. The molecule has 0 saturated heterocycles. The summed E-state index contributed by atoms with van der Waals surface area (Å²) < 4.78 is 0. The molecule has 1 heterocycles. The van der Waals surface area contributed by atoms with Gasteiger partial charge in [0.15, 0.2) is 0 Å². The maximum absolute atomic E-state index is 11.8. The van der Waals surface area contributed by atoms with Crippen LogP contribution in [0.5, 0.6) is 0 Å². The lowest BCUT2D eigenvalue weighted by Crippen LogP contribution is -2.29. The predicted molar refractivity (Wildman–Crippen MR) is 84.3 cm³/mol. The van der Waals surface area contributed by atoms with Gasteiger partial charge in [-0.2, -0.15) is 0 Å². The molecule has 102 valence electrons. The van der Waals surface area contributed by atoms with Gasteiger partial charge in [-0.15, -0.1) is 0 Å². The van der Waals surface area contributed by atoms with Crippen molar-refractivity contribution in [3.63, 3.8) is 0 Å². The fourth-order valence-corrected chi connectivity index (χ4v) is 2.04. The number of thiocarbonyl (C=S) groups is 1. The molecule has 1 aromatic heterocycles. The van der Waals surface area contributed by atoms with E-state index in [4.69, 9.17) is 23.8 Å². The highest BCUT2D eigenvalue weighted by Crippen LogP contribution is 2.10.